The van der Waals surface area contributed by atoms with Crippen molar-refractivity contribution in [1.29, 1.82) is 0 Å². The zero-order valence-corrected chi connectivity index (χ0v) is 34.5. The number of unbranched alkanes of at least 4 members (excludes halogenated alkanes) is 20. The standard InChI is InChI=1S/2C19H42O3P/c2*1-6-7-8-9-10-11-12-13-14-15-16-17-23(20,21-18(2)3)22-19(4)5/h2*18-20H,6-17H2,1-5H3/q2*+1. The molecule has 0 aliphatic carbocycles. The Bertz CT molecular complexity index is 546. The van der Waals surface area contributed by atoms with Crippen molar-refractivity contribution in [1.82, 2.24) is 0 Å². The molecule has 0 saturated heterocycles. The van der Waals surface area contributed by atoms with Crippen LogP contribution in [0.5, 0.6) is 0 Å². The predicted molar refractivity (Wildman–Crippen MR) is 206 cm³/mol. The van der Waals surface area contributed by atoms with Gasteiger partial charge < -0.3 is 0 Å². The van der Waals surface area contributed by atoms with Crippen molar-refractivity contribution in [2.75, 3.05) is 12.3 Å². The highest BCUT2D eigenvalue weighted by atomic mass is 31.2. The Labute approximate surface area is 290 Å². The fraction of sp³-hybridized carbons (Fsp3) is 1.00. The SMILES string of the molecule is CCCCCCCCCCCCC[P+](O)(OC(C)C)OC(C)C.CCCCCCCCCCCCC[P+](O)(OC(C)C)OC(C)C. The summed E-state index contributed by atoms with van der Waals surface area (Å²) in [6.07, 6.45) is 30.2. The van der Waals surface area contributed by atoms with Crippen molar-refractivity contribution in [3.8, 4) is 0 Å². The van der Waals surface area contributed by atoms with Crippen LogP contribution in [-0.2, 0) is 18.1 Å². The Kier molecular flexibility index (Phi) is 34.8. The van der Waals surface area contributed by atoms with Crippen LogP contribution in [0.3, 0.4) is 0 Å². The summed E-state index contributed by atoms with van der Waals surface area (Å²) in [5, 5.41) is 0. The van der Waals surface area contributed by atoms with E-state index in [1.165, 1.54) is 128 Å². The van der Waals surface area contributed by atoms with Gasteiger partial charge in [-0.3, -0.25) is 0 Å². The van der Waals surface area contributed by atoms with Crippen LogP contribution >= 0.6 is 15.9 Å². The van der Waals surface area contributed by atoms with E-state index in [9.17, 15) is 9.79 Å². The largest absolute Gasteiger partial charge is 0.409 e. The lowest BCUT2D eigenvalue weighted by molar-refractivity contribution is 0.116. The molecule has 8 heteroatoms. The van der Waals surface area contributed by atoms with Crippen molar-refractivity contribution >= 4 is 15.9 Å². The molecule has 280 valence electrons. The van der Waals surface area contributed by atoms with E-state index in [2.05, 4.69) is 13.8 Å². The molecule has 0 aliphatic rings. The second kappa shape index (κ2) is 32.8. The zero-order chi connectivity index (χ0) is 35.1. The van der Waals surface area contributed by atoms with Gasteiger partial charge in [-0.15, -0.1) is 0 Å². The van der Waals surface area contributed by atoms with Gasteiger partial charge in [0.15, 0.2) is 0 Å². The minimum absolute atomic E-state index is 0.0137. The fourth-order valence-corrected chi connectivity index (χ4v) is 9.93. The highest BCUT2D eigenvalue weighted by Gasteiger charge is 2.43. The molecular weight excluding hydrogens is 614 g/mol. The molecule has 0 atom stereocenters. The van der Waals surface area contributed by atoms with Gasteiger partial charge in [-0.05, 0) is 81.1 Å². The van der Waals surface area contributed by atoms with E-state index < -0.39 is 15.9 Å². The van der Waals surface area contributed by atoms with Crippen molar-refractivity contribution in [2.24, 2.45) is 0 Å². The average Bonchev–Trinajstić information content (AvgIpc) is 2.93. The summed E-state index contributed by atoms with van der Waals surface area (Å²) in [6.45, 7) is 20.2. The maximum atomic E-state index is 10.6. The Hall–Kier alpha value is 0.620. The molecule has 0 unspecified atom stereocenters. The van der Waals surface area contributed by atoms with Crippen LogP contribution in [0.25, 0.3) is 0 Å². The van der Waals surface area contributed by atoms with Gasteiger partial charge in [0.1, 0.15) is 36.7 Å². The topological polar surface area (TPSA) is 77.4 Å². The van der Waals surface area contributed by atoms with Gasteiger partial charge in [-0.1, -0.05) is 129 Å². The van der Waals surface area contributed by atoms with Crippen LogP contribution in [0.2, 0.25) is 0 Å². The second-order valence-corrected chi connectivity index (χ2v) is 18.7. The fourth-order valence-electron chi connectivity index (χ4n) is 5.53. The Balaban J connectivity index is 0. The lowest BCUT2D eigenvalue weighted by atomic mass is 10.1. The Morgan fingerprint density at radius 2 is 0.500 bits per heavy atom. The van der Waals surface area contributed by atoms with E-state index in [4.69, 9.17) is 18.1 Å². The lowest BCUT2D eigenvalue weighted by Crippen LogP contribution is -2.15. The molecule has 0 aromatic rings. The molecule has 0 amide bonds. The molecule has 0 aliphatic heterocycles. The third kappa shape index (κ3) is 35.9. The van der Waals surface area contributed by atoms with E-state index in [-0.39, 0.29) is 24.4 Å². The molecule has 0 bridgehead atoms. The van der Waals surface area contributed by atoms with Gasteiger partial charge in [0.05, 0.1) is 0 Å². The third-order valence-corrected chi connectivity index (χ3v) is 12.4. The summed E-state index contributed by atoms with van der Waals surface area (Å²) < 4.78 is 22.7. The van der Waals surface area contributed by atoms with E-state index in [0.29, 0.717) is 12.3 Å². The van der Waals surface area contributed by atoms with E-state index >= 15 is 0 Å². The summed E-state index contributed by atoms with van der Waals surface area (Å²) in [7, 11) is -5.32. The maximum absolute atomic E-state index is 10.6. The van der Waals surface area contributed by atoms with Gasteiger partial charge in [0, 0.05) is 0 Å². The molecule has 6 nitrogen and oxygen atoms in total. The normalized spacial score (nSPS) is 12.5. The zero-order valence-electron chi connectivity index (χ0n) is 32.7. The molecule has 0 heterocycles. The molecule has 0 radical (unpaired) electrons. The highest BCUT2D eigenvalue weighted by molar-refractivity contribution is 7.60. The first-order valence-corrected chi connectivity index (χ1v) is 23.3. The number of hydrogen-bond acceptors (Lipinski definition) is 6. The van der Waals surface area contributed by atoms with E-state index in [0.717, 1.165) is 12.8 Å². The first-order valence-electron chi connectivity index (χ1n) is 19.7. The highest BCUT2D eigenvalue weighted by Crippen LogP contribution is 2.60. The van der Waals surface area contributed by atoms with Crippen molar-refractivity contribution in [3.63, 3.8) is 0 Å². The predicted octanol–water partition coefficient (Wildman–Crippen LogP) is 13.8. The first-order chi connectivity index (χ1) is 21.8. The van der Waals surface area contributed by atoms with Gasteiger partial charge in [0.2, 0.25) is 0 Å². The van der Waals surface area contributed by atoms with Crippen molar-refractivity contribution in [2.45, 2.75) is 235 Å². The van der Waals surface area contributed by atoms with Crippen LogP contribution in [0.1, 0.15) is 210 Å². The van der Waals surface area contributed by atoms with Crippen molar-refractivity contribution in [3.05, 3.63) is 0 Å². The molecule has 0 rings (SSSR count). The third-order valence-electron chi connectivity index (χ3n) is 7.59. The summed E-state index contributed by atoms with van der Waals surface area (Å²) in [5.41, 5.74) is 0. The average molecular weight is 699 g/mol. The maximum Gasteiger partial charge on any atom is 0.409 e. The molecule has 46 heavy (non-hydrogen) atoms. The minimum atomic E-state index is -2.66. The van der Waals surface area contributed by atoms with Crippen LogP contribution in [0, 0.1) is 0 Å². The molecule has 0 aromatic heterocycles. The van der Waals surface area contributed by atoms with E-state index in [1.807, 2.05) is 55.4 Å². The monoisotopic (exact) mass is 699 g/mol. The Morgan fingerprint density at radius 3 is 0.674 bits per heavy atom. The quantitative estimate of drug-likeness (QED) is 0.0538. The molecular formula is C38H84O6P2+2. The van der Waals surface area contributed by atoms with Gasteiger partial charge in [-0.2, -0.15) is 27.9 Å². The van der Waals surface area contributed by atoms with Crippen LogP contribution in [-0.4, -0.2) is 46.5 Å². The number of rotatable bonds is 32. The van der Waals surface area contributed by atoms with Crippen LogP contribution in [0.15, 0.2) is 0 Å². The van der Waals surface area contributed by atoms with Gasteiger partial charge >= 0.3 is 15.9 Å². The molecule has 0 spiro atoms. The molecule has 2 N–H and O–H groups in total. The lowest BCUT2D eigenvalue weighted by Gasteiger charge is -2.21. The second-order valence-electron chi connectivity index (χ2n) is 14.4. The summed E-state index contributed by atoms with van der Waals surface area (Å²) >= 11 is 0. The van der Waals surface area contributed by atoms with Gasteiger partial charge in [-0.25, -0.2) is 0 Å². The van der Waals surface area contributed by atoms with Crippen LogP contribution in [0.4, 0.5) is 0 Å². The Morgan fingerprint density at radius 1 is 0.326 bits per heavy atom. The van der Waals surface area contributed by atoms with E-state index in [1.54, 1.807) is 0 Å². The van der Waals surface area contributed by atoms with Crippen molar-refractivity contribution < 1.29 is 27.9 Å². The summed E-state index contributed by atoms with van der Waals surface area (Å²) in [5.74, 6) is 0. The van der Waals surface area contributed by atoms with Crippen LogP contribution < -0.4 is 0 Å². The summed E-state index contributed by atoms with van der Waals surface area (Å²) in [4.78, 5) is 21.1. The minimum Gasteiger partial charge on any atom is -0.193 e. The number of hydrogen-bond donors (Lipinski definition) is 2. The smallest absolute Gasteiger partial charge is 0.193 e. The molecule has 0 aromatic carbocycles. The first kappa shape index (κ1) is 48.7. The summed E-state index contributed by atoms with van der Waals surface area (Å²) in [6, 6.07) is 0. The molecule has 0 saturated carbocycles. The molecule has 0 fully saturated rings. The van der Waals surface area contributed by atoms with Gasteiger partial charge in [0.25, 0.3) is 0 Å².